The highest BCUT2D eigenvalue weighted by molar-refractivity contribution is 5.30. The molecule has 3 nitrogen and oxygen atoms in total. The van der Waals surface area contributed by atoms with E-state index in [4.69, 9.17) is 5.84 Å². The maximum Gasteiger partial charge on any atom is 0.573 e. The summed E-state index contributed by atoms with van der Waals surface area (Å²) in [5.74, 6) is 4.92. The van der Waals surface area contributed by atoms with Crippen LogP contribution in [-0.4, -0.2) is 6.36 Å². The van der Waals surface area contributed by atoms with E-state index in [0.717, 1.165) is 0 Å². The lowest BCUT2D eigenvalue weighted by Crippen LogP contribution is -2.25. The lowest BCUT2D eigenvalue weighted by atomic mass is 10.1. The summed E-state index contributed by atoms with van der Waals surface area (Å²) in [6.45, 7) is 1.73. The quantitative estimate of drug-likeness (QED) is 0.605. The average molecular weight is 220 g/mol. The van der Waals surface area contributed by atoms with Gasteiger partial charge in [-0.25, -0.2) is 0 Å². The van der Waals surface area contributed by atoms with Crippen molar-refractivity contribution in [3.05, 3.63) is 29.8 Å². The first-order valence-corrected chi connectivity index (χ1v) is 4.24. The van der Waals surface area contributed by atoms with Gasteiger partial charge in [0, 0.05) is 6.04 Å². The molecule has 6 heteroatoms. The van der Waals surface area contributed by atoms with Gasteiger partial charge in [0.15, 0.2) is 0 Å². The third-order valence-electron chi connectivity index (χ3n) is 1.84. The first kappa shape index (κ1) is 11.8. The van der Waals surface area contributed by atoms with Crippen LogP contribution in [0.4, 0.5) is 13.2 Å². The van der Waals surface area contributed by atoms with Gasteiger partial charge in [0.25, 0.3) is 0 Å². The van der Waals surface area contributed by atoms with Crippen LogP contribution in [0.25, 0.3) is 0 Å². The second-order valence-electron chi connectivity index (χ2n) is 3.01. The van der Waals surface area contributed by atoms with E-state index in [2.05, 4.69) is 10.2 Å². The van der Waals surface area contributed by atoms with Gasteiger partial charge < -0.3 is 4.74 Å². The lowest BCUT2D eigenvalue weighted by Gasteiger charge is -2.13. The highest BCUT2D eigenvalue weighted by atomic mass is 19.4. The van der Waals surface area contributed by atoms with Gasteiger partial charge in [0.05, 0.1) is 0 Å². The SMILES string of the molecule is CC(NN)c1cccc(OC(F)(F)F)c1. The van der Waals surface area contributed by atoms with Crippen LogP contribution in [0.3, 0.4) is 0 Å². The molecule has 0 aromatic heterocycles. The summed E-state index contributed by atoms with van der Waals surface area (Å²) in [6, 6.07) is 5.43. The van der Waals surface area contributed by atoms with Crippen LogP contribution in [0, 0.1) is 0 Å². The predicted molar refractivity (Wildman–Crippen MR) is 48.9 cm³/mol. The van der Waals surface area contributed by atoms with Crippen molar-refractivity contribution in [1.82, 2.24) is 5.43 Å². The molecule has 1 aromatic carbocycles. The van der Waals surface area contributed by atoms with Crippen molar-refractivity contribution in [1.29, 1.82) is 0 Å². The van der Waals surface area contributed by atoms with Crippen LogP contribution in [0.5, 0.6) is 5.75 Å². The first-order chi connectivity index (χ1) is 6.92. The lowest BCUT2D eigenvalue weighted by molar-refractivity contribution is -0.274. The summed E-state index contributed by atoms with van der Waals surface area (Å²) in [7, 11) is 0. The molecule has 84 valence electrons. The summed E-state index contributed by atoms with van der Waals surface area (Å²) in [5, 5.41) is 0. The molecule has 0 amide bonds. The van der Waals surface area contributed by atoms with Crippen LogP contribution < -0.4 is 16.0 Å². The standard InChI is InChI=1S/C9H11F3N2O/c1-6(14-13)7-3-2-4-8(5-7)15-9(10,11)12/h2-6,14H,13H2,1H3. The first-order valence-electron chi connectivity index (χ1n) is 4.24. The zero-order valence-corrected chi connectivity index (χ0v) is 8.01. The number of ether oxygens (including phenoxy) is 1. The van der Waals surface area contributed by atoms with Gasteiger partial charge in [-0.2, -0.15) is 0 Å². The second kappa shape index (κ2) is 4.50. The Morgan fingerprint density at radius 3 is 2.60 bits per heavy atom. The molecule has 1 rings (SSSR count). The van der Waals surface area contributed by atoms with Gasteiger partial charge in [-0.05, 0) is 24.6 Å². The monoisotopic (exact) mass is 220 g/mol. The third-order valence-corrected chi connectivity index (χ3v) is 1.84. The van der Waals surface area contributed by atoms with Crippen molar-refractivity contribution >= 4 is 0 Å². The van der Waals surface area contributed by atoms with E-state index in [1.165, 1.54) is 18.2 Å². The van der Waals surface area contributed by atoms with Gasteiger partial charge in [-0.1, -0.05) is 12.1 Å². The minimum absolute atomic E-state index is 0.234. The second-order valence-corrected chi connectivity index (χ2v) is 3.01. The van der Waals surface area contributed by atoms with E-state index in [-0.39, 0.29) is 11.8 Å². The highest BCUT2D eigenvalue weighted by Crippen LogP contribution is 2.25. The van der Waals surface area contributed by atoms with Crippen molar-refractivity contribution in [2.45, 2.75) is 19.3 Å². The Morgan fingerprint density at radius 1 is 1.40 bits per heavy atom. The summed E-state index contributed by atoms with van der Waals surface area (Å²) in [5.41, 5.74) is 3.06. The van der Waals surface area contributed by atoms with Crippen LogP contribution in [0.1, 0.15) is 18.5 Å². The molecule has 1 unspecified atom stereocenters. The molecule has 15 heavy (non-hydrogen) atoms. The van der Waals surface area contributed by atoms with Crippen molar-refractivity contribution in [2.24, 2.45) is 5.84 Å². The van der Waals surface area contributed by atoms with Crippen LogP contribution >= 0.6 is 0 Å². The number of nitrogens with one attached hydrogen (secondary N) is 1. The zero-order chi connectivity index (χ0) is 11.5. The molecule has 1 aromatic rings. The maximum atomic E-state index is 11.9. The summed E-state index contributed by atoms with van der Waals surface area (Å²) >= 11 is 0. The topological polar surface area (TPSA) is 47.3 Å². The Bertz CT molecular complexity index is 327. The minimum atomic E-state index is -4.67. The Hall–Kier alpha value is -1.27. The molecule has 0 saturated heterocycles. The van der Waals surface area contributed by atoms with Crippen LogP contribution in [0.15, 0.2) is 24.3 Å². The molecule has 0 saturated carbocycles. The molecular weight excluding hydrogens is 209 g/mol. The Morgan fingerprint density at radius 2 is 2.07 bits per heavy atom. The van der Waals surface area contributed by atoms with Crippen molar-refractivity contribution in [2.75, 3.05) is 0 Å². The molecular formula is C9H11F3N2O. The number of hydrogen-bond acceptors (Lipinski definition) is 3. The number of hydrazine groups is 1. The molecule has 0 fully saturated rings. The maximum absolute atomic E-state index is 11.9. The fourth-order valence-electron chi connectivity index (χ4n) is 1.08. The van der Waals surface area contributed by atoms with Crippen LogP contribution in [0.2, 0.25) is 0 Å². The fourth-order valence-corrected chi connectivity index (χ4v) is 1.08. The molecule has 0 aliphatic carbocycles. The molecule has 0 bridgehead atoms. The number of rotatable bonds is 3. The molecule has 0 heterocycles. The molecule has 0 radical (unpaired) electrons. The fraction of sp³-hybridized carbons (Fsp3) is 0.333. The number of nitrogens with two attached hydrogens (primary N) is 1. The highest BCUT2D eigenvalue weighted by Gasteiger charge is 2.31. The van der Waals surface area contributed by atoms with E-state index < -0.39 is 6.36 Å². The van der Waals surface area contributed by atoms with Gasteiger partial charge >= 0.3 is 6.36 Å². The van der Waals surface area contributed by atoms with Gasteiger partial charge in [-0.3, -0.25) is 11.3 Å². The van der Waals surface area contributed by atoms with Crippen molar-refractivity contribution in [3.8, 4) is 5.75 Å². The average Bonchev–Trinajstić information content (AvgIpc) is 2.14. The summed E-state index contributed by atoms with van der Waals surface area (Å²) < 4.78 is 39.4. The number of alkyl halides is 3. The Labute approximate surface area is 85.0 Å². The molecule has 0 aliphatic heterocycles. The third kappa shape index (κ3) is 3.77. The zero-order valence-electron chi connectivity index (χ0n) is 8.01. The molecule has 0 spiro atoms. The normalized spacial score (nSPS) is 13.7. The number of halogens is 3. The smallest absolute Gasteiger partial charge is 0.406 e. The van der Waals surface area contributed by atoms with E-state index in [1.54, 1.807) is 13.0 Å². The van der Waals surface area contributed by atoms with Gasteiger partial charge in [-0.15, -0.1) is 13.2 Å². The Balaban J connectivity index is 2.83. The predicted octanol–water partition coefficient (Wildman–Crippen LogP) is 2.11. The molecule has 0 aliphatic rings. The van der Waals surface area contributed by atoms with E-state index >= 15 is 0 Å². The van der Waals surface area contributed by atoms with Gasteiger partial charge in [0.2, 0.25) is 0 Å². The van der Waals surface area contributed by atoms with E-state index in [1.807, 2.05) is 0 Å². The number of hydrogen-bond donors (Lipinski definition) is 2. The van der Waals surface area contributed by atoms with E-state index in [9.17, 15) is 13.2 Å². The van der Waals surface area contributed by atoms with Crippen molar-refractivity contribution in [3.63, 3.8) is 0 Å². The minimum Gasteiger partial charge on any atom is -0.406 e. The van der Waals surface area contributed by atoms with Crippen LogP contribution in [-0.2, 0) is 0 Å². The summed E-state index contributed by atoms with van der Waals surface area (Å²) in [6.07, 6.45) is -4.67. The van der Waals surface area contributed by atoms with Crippen molar-refractivity contribution < 1.29 is 17.9 Å². The van der Waals surface area contributed by atoms with Gasteiger partial charge in [0.1, 0.15) is 5.75 Å². The summed E-state index contributed by atoms with van der Waals surface area (Å²) in [4.78, 5) is 0. The molecule has 1 atom stereocenters. The number of benzene rings is 1. The van der Waals surface area contributed by atoms with E-state index in [0.29, 0.717) is 5.56 Å². The molecule has 3 N–H and O–H groups in total. The largest absolute Gasteiger partial charge is 0.573 e. The Kier molecular flexibility index (Phi) is 3.54.